The minimum atomic E-state index is -0.484. The first-order chi connectivity index (χ1) is 24.0. The number of ether oxygens (including phenoxy) is 2. The summed E-state index contributed by atoms with van der Waals surface area (Å²) in [4.78, 5) is 27.3. The van der Waals surface area contributed by atoms with Gasteiger partial charge in [0.15, 0.2) is 6.29 Å². The molecular weight excluding hydrogens is 616 g/mol. The van der Waals surface area contributed by atoms with Gasteiger partial charge in [-0.1, -0.05) is 92.8 Å². The Morgan fingerprint density at radius 3 is 2.08 bits per heavy atom. The molecule has 0 radical (unpaired) electrons. The van der Waals surface area contributed by atoms with E-state index in [9.17, 15) is 14.7 Å². The van der Waals surface area contributed by atoms with Crippen LogP contribution in [0.5, 0.6) is 0 Å². The summed E-state index contributed by atoms with van der Waals surface area (Å²) in [6.45, 7) is 3.62. The van der Waals surface area contributed by atoms with Gasteiger partial charge in [-0.3, -0.25) is 9.59 Å². The molecule has 0 bridgehead atoms. The Labute approximate surface area is 291 Å². The maximum Gasteiger partial charge on any atom is 0.224 e. The van der Waals surface area contributed by atoms with Crippen LogP contribution in [0.1, 0.15) is 112 Å². The lowest BCUT2D eigenvalue weighted by molar-refractivity contribution is -0.253. The second-order valence-corrected chi connectivity index (χ2v) is 13.5. The molecule has 5 rings (SSSR count). The Balaban J connectivity index is 1.06. The zero-order valence-corrected chi connectivity index (χ0v) is 28.8. The number of hydrogen-bond acceptors (Lipinski definition) is 7. The minimum Gasteiger partial charge on any atom is -0.397 e. The number of para-hydroxylation sites is 2. The molecule has 3 aromatic rings. The first kappa shape index (κ1) is 36.5. The van der Waals surface area contributed by atoms with Crippen molar-refractivity contribution in [1.82, 2.24) is 10.2 Å². The maximum atomic E-state index is 12.5. The summed E-state index contributed by atoms with van der Waals surface area (Å²) in [6, 6.07) is 23.4. The van der Waals surface area contributed by atoms with Crippen LogP contribution in [0, 0.1) is 0 Å². The van der Waals surface area contributed by atoms with E-state index >= 15 is 0 Å². The number of carbonyl (C=O) groups excluding carboxylic acids is 2. The molecule has 3 atom stereocenters. The number of nitrogens with one attached hydrogen (secondary N) is 2. The number of likely N-dealkylation sites (tertiary alicyclic amines) is 1. The Morgan fingerprint density at radius 1 is 0.755 bits per heavy atom. The molecule has 0 unspecified atom stereocenters. The molecule has 2 amide bonds. The van der Waals surface area contributed by atoms with E-state index in [1.807, 2.05) is 48.5 Å². The Morgan fingerprint density at radius 2 is 1.39 bits per heavy atom. The van der Waals surface area contributed by atoms with Gasteiger partial charge in [-0.2, -0.15) is 0 Å². The van der Waals surface area contributed by atoms with Crippen molar-refractivity contribution in [2.75, 3.05) is 30.7 Å². The van der Waals surface area contributed by atoms with Crippen LogP contribution in [0.25, 0.3) is 0 Å². The molecule has 2 saturated heterocycles. The van der Waals surface area contributed by atoms with Gasteiger partial charge in [0, 0.05) is 37.9 Å². The fraction of sp³-hybridized carbons (Fsp3) is 0.500. The highest BCUT2D eigenvalue weighted by atomic mass is 16.7. The number of nitrogens with two attached hydrogens (primary N) is 1. The Kier molecular flexibility index (Phi) is 14.5. The standard InChI is InChI=1S/C40H54N4O5/c41-35-12-8-9-13-36(35)43-39(47)15-7-3-2-6-14-38(46)42-27-30-16-22-33(23-17-30)40-48-34(28-44-24-10-4-1-5-11-25-44)26-37(49-40)32-20-18-31(29-45)19-21-32/h8-9,12-13,16-23,34,37,40,45H,1-7,10-11,14-15,24-29,41H2,(H,42,46)(H,43,47)/t34-,37+,40+/m1/s1. The van der Waals surface area contributed by atoms with Crippen molar-refractivity contribution >= 4 is 23.2 Å². The highest BCUT2D eigenvalue weighted by Gasteiger charge is 2.33. The van der Waals surface area contributed by atoms with E-state index in [0.717, 1.165) is 74.0 Å². The van der Waals surface area contributed by atoms with Crippen LogP contribution in [0.4, 0.5) is 11.4 Å². The molecule has 9 heteroatoms. The summed E-state index contributed by atoms with van der Waals surface area (Å²) in [6.07, 6.45) is 10.9. The van der Waals surface area contributed by atoms with Gasteiger partial charge in [0.2, 0.25) is 11.8 Å². The fourth-order valence-corrected chi connectivity index (χ4v) is 6.65. The summed E-state index contributed by atoms with van der Waals surface area (Å²) in [7, 11) is 0. The largest absolute Gasteiger partial charge is 0.397 e. The number of anilines is 2. The van der Waals surface area contributed by atoms with Crippen molar-refractivity contribution in [3.63, 3.8) is 0 Å². The zero-order chi connectivity index (χ0) is 34.3. The molecule has 3 aromatic carbocycles. The summed E-state index contributed by atoms with van der Waals surface area (Å²) in [5.74, 6) is -0.0120. The van der Waals surface area contributed by atoms with Crippen molar-refractivity contribution in [2.45, 2.75) is 109 Å². The molecule has 5 N–H and O–H groups in total. The molecule has 264 valence electrons. The third-order valence-corrected chi connectivity index (χ3v) is 9.56. The normalized spacial score (nSPS) is 20.2. The van der Waals surface area contributed by atoms with E-state index in [1.165, 1.54) is 32.1 Å². The molecule has 0 aliphatic carbocycles. The molecule has 0 aromatic heterocycles. The zero-order valence-electron chi connectivity index (χ0n) is 28.8. The molecule has 2 heterocycles. The molecule has 0 spiro atoms. The van der Waals surface area contributed by atoms with Crippen LogP contribution in [0.2, 0.25) is 0 Å². The number of carbonyl (C=O) groups is 2. The number of hydrogen-bond donors (Lipinski definition) is 4. The number of nitrogens with zero attached hydrogens (tertiary/aromatic N) is 1. The second-order valence-electron chi connectivity index (χ2n) is 13.5. The lowest BCUT2D eigenvalue weighted by Gasteiger charge is -2.38. The molecule has 0 saturated carbocycles. The fourth-order valence-electron chi connectivity index (χ4n) is 6.65. The van der Waals surface area contributed by atoms with E-state index in [-0.39, 0.29) is 30.6 Å². The monoisotopic (exact) mass is 670 g/mol. The van der Waals surface area contributed by atoms with Crippen molar-refractivity contribution in [2.24, 2.45) is 0 Å². The third-order valence-electron chi connectivity index (χ3n) is 9.56. The summed E-state index contributed by atoms with van der Waals surface area (Å²) < 4.78 is 13.1. The number of aliphatic hydroxyl groups excluding tert-OH is 1. The summed E-state index contributed by atoms with van der Waals surface area (Å²) >= 11 is 0. The van der Waals surface area contributed by atoms with Crippen LogP contribution in [-0.4, -0.2) is 47.6 Å². The van der Waals surface area contributed by atoms with Gasteiger partial charge in [-0.15, -0.1) is 0 Å². The van der Waals surface area contributed by atoms with Gasteiger partial charge in [-0.05, 0) is 67.6 Å². The highest BCUT2D eigenvalue weighted by molar-refractivity contribution is 5.93. The molecule has 2 aliphatic rings. The quantitative estimate of drug-likeness (QED) is 0.0998. The molecule has 2 aliphatic heterocycles. The lowest BCUT2D eigenvalue weighted by Crippen LogP contribution is -2.40. The smallest absolute Gasteiger partial charge is 0.224 e. The number of amides is 2. The molecule has 2 fully saturated rings. The van der Waals surface area contributed by atoms with Gasteiger partial charge in [0.25, 0.3) is 0 Å². The number of unbranched alkanes of at least 4 members (excludes halogenated alkanes) is 3. The minimum absolute atomic E-state index is 0.0237. The average molecular weight is 671 g/mol. The van der Waals surface area contributed by atoms with Crippen LogP contribution in [-0.2, 0) is 32.2 Å². The maximum absolute atomic E-state index is 12.5. The molecule has 49 heavy (non-hydrogen) atoms. The van der Waals surface area contributed by atoms with Crippen LogP contribution in [0.15, 0.2) is 72.8 Å². The van der Waals surface area contributed by atoms with Crippen molar-refractivity contribution < 1.29 is 24.2 Å². The Bertz CT molecular complexity index is 1440. The predicted molar refractivity (Wildman–Crippen MR) is 193 cm³/mol. The van der Waals surface area contributed by atoms with Gasteiger partial charge in [-0.25, -0.2) is 0 Å². The van der Waals surface area contributed by atoms with E-state index in [4.69, 9.17) is 15.2 Å². The van der Waals surface area contributed by atoms with E-state index in [0.29, 0.717) is 30.8 Å². The van der Waals surface area contributed by atoms with Crippen LogP contribution in [0.3, 0.4) is 0 Å². The second kappa shape index (κ2) is 19.4. The van der Waals surface area contributed by atoms with Crippen molar-refractivity contribution in [1.29, 1.82) is 0 Å². The first-order valence-corrected chi connectivity index (χ1v) is 18.2. The number of benzene rings is 3. The van der Waals surface area contributed by atoms with Crippen molar-refractivity contribution in [3.8, 4) is 0 Å². The predicted octanol–water partition coefficient (Wildman–Crippen LogP) is 7.17. The summed E-state index contributed by atoms with van der Waals surface area (Å²) in [5.41, 5.74) is 11.1. The van der Waals surface area contributed by atoms with Gasteiger partial charge in [0.05, 0.1) is 30.2 Å². The SMILES string of the molecule is Nc1ccccc1NC(=O)CCCCCCC(=O)NCc1ccc([C@H]2O[C@@H](CN3CCCCCCC3)C[C@@H](c3ccc(CO)cc3)O2)cc1. The van der Waals surface area contributed by atoms with E-state index in [2.05, 4.69) is 27.7 Å². The number of nitrogen functional groups attached to an aromatic ring is 1. The average Bonchev–Trinajstić information content (AvgIpc) is 3.11. The highest BCUT2D eigenvalue weighted by Crippen LogP contribution is 2.38. The topological polar surface area (TPSA) is 126 Å². The molecule has 9 nitrogen and oxygen atoms in total. The van der Waals surface area contributed by atoms with E-state index in [1.54, 1.807) is 12.1 Å². The number of aliphatic hydroxyl groups is 1. The van der Waals surface area contributed by atoms with Gasteiger partial charge in [0.1, 0.15) is 0 Å². The molecular formula is C40H54N4O5. The lowest BCUT2D eigenvalue weighted by atomic mass is 9.99. The van der Waals surface area contributed by atoms with E-state index < -0.39 is 6.29 Å². The van der Waals surface area contributed by atoms with Crippen LogP contribution < -0.4 is 16.4 Å². The van der Waals surface area contributed by atoms with Gasteiger partial charge < -0.3 is 35.8 Å². The third kappa shape index (κ3) is 12.0. The number of rotatable bonds is 15. The van der Waals surface area contributed by atoms with Crippen LogP contribution >= 0.6 is 0 Å². The Hall–Kier alpha value is -3.76. The van der Waals surface area contributed by atoms with Crippen molar-refractivity contribution in [3.05, 3.63) is 95.1 Å². The first-order valence-electron chi connectivity index (χ1n) is 18.2. The summed E-state index contributed by atoms with van der Waals surface area (Å²) in [5, 5.41) is 15.4. The van der Waals surface area contributed by atoms with Gasteiger partial charge >= 0.3 is 0 Å².